The molecule has 2 aliphatic heterocycles. The third-order valence-electron chi connectivity index (χ3n) is 5.43. The number of fused-ring (bicyclic) bond motifs is 2. The molecule has 160 valence electrons. The maximum Gasteiger partial charge on any atom is 0.344 e. The Morgan fingerprint density at radius 2 is 1.19 bits per heavy atom. The predicted molar refractivity (Wildman–Crippen MR) is 117 cm³/mol. The molecule has 0 radical (unpaired) electrons. The average Bonchev–Trinajstić information content (AvgIpc) is 3.30. The number of hydrogen-bond donors (Lipinski definition) is 0. The monoisotopic (exact) mass is 428 g/mol. The quantitative estimate of drug-likeness (QED) is 0.444. The van der Waals surface area contributed by atoms with Crippen LogP contribution in [0.4, 0.5) is 0 Å². The van der Waals surface area contributed by atoms with Gasteiger partial charge in [0.25, 0.3) is 0 Å². The maximum atomic E-state index is 12.7. The number of carbonyl (C=O) groups is 2. The molecule has 0 spiro atoms. The SMILES string of the molecule is CCCOc1ccc(C2=c3cc4c(cc3OC2=O)=C(c2ccc(OC)cc2)C(=O)O4)cc1. The number of hydrogen-bond acceptors (Lipinski definition) is 6. The predicted octanol–water partition coefficient (Wildman–Crippen LogP) is 2.72. The van der Waals surface area contributed by atoms with E-state index in [2.05, 4.69) is 0 Å². The van der Waals surface area contributed by atoms with Gasteiger partial charge in [0.1, 0.15) is 23.0 Å². The van der Waals surface area contributed by atoms with Crippen LogP contribution >= 0.6 is 0 Å². The number of esters is 2. The summed E-state index contributed by atoms with van der Waals surface area (Å²) in [5, 5.41) is 1.19. The fourth-order valence-corrected chi connectivity index (χ4v) is 3.88. The molecule has 0 fully saturated rings. The van der Waals surface area contributed by atoms with E-state index in [9.17, 15) is 9.59 Å². The van der Waals surface area contributed by atoms with E-state index < -0.39 is 11.9 Å². The Morgan fingerprint density at radius 1 is 0.719 bits per heavy atom. The van der Waals surface area contributed by atoms with Crippen molar-refractivity contribution in [2.75, 3.05) is 13.7 Å². The highest BCUT2D eigenvalue weighted by Gasteiger charge is 2.30. The van der Waals surface area contributed by atoms with Gasteiger partial charge in [0.05, 0.1) is 24.9 Å². The largest absolute Gasteiger partial charge is 0.497 e. The first-order valence-electron chi connectivity index (χ1n) is 10.3. The minimum absolute atomic E-state index is 0.401. The van der Waals surface area contributed by atoms with Crippen molar-refractivity contribution in [1.82, 2.24) is 0 Å². The standard InChI is InChI=1S/C26H20O6/c1-3-12-30-18-10-6-16(7-11-18)24-20-14-21-19(13-22(20)32-26(24)28)23(25(27)31-21)15-4-8-17(29-2)9-5-15/h4-11,13-14H,3,12H2,1-2H3. The van der Waals surface area contributed by atoms with Gasteiger partial charge in [-0.25, -0.2) is 9.59 Å². The molecule has 0 unspecified atom stereocenters. The summed E-state index contributed by atoms with van der Waals surface area (Å²) in [6.45, 7) is 2.67. The third-order valence-corrected chi connectivity index (χ3v) is 5.43. The Morgan fingerprint density at radius 3 is 1.62 bits per heavy atom. The van der Waals surface area contributed by atoms with E-state index in [0.717, 1.165) is 12.2 Å². The van der Waals surface area contributed by atoms with Crippen LogP contribution in [0, 0.1) is 0 Å². The lowest BCUT2D eigenvalue weighted by molar-refractivity contribution is -0.128. The number of ether oxygens (including phenoxy) is 4. The van der Waals surface area contributed by atoms with E-state index in [1.54, 1.807) is 43.5 Å². The average molecular weight is 428 g/mol. The van der Waals surface area contributed by atoms with Crippen LogP contribution in [0.15, 0.2) is 60.7 Å². The van der Waals surface area contributed by atoms with Gasteiger partial charge in [-0.15, -0.1) is 0 Å². The summed E-state index contributed by atoms with van der Waals surface area (Å²) in [5.41, 5.74) is 2.26. The highest BCUT2D eigenvalue weighted by molar-refractivity contribution is 6.21. The topological polar surface area (TPSA) is 71.1 Å². The summed E-state index contributed by atoms with van der Waals surface area (Å²) in [7, 11) is 1.58. The van der Waals surface area contributed by atoms with Crippen LogP contribution in [-0.4, -0.2) is 25.7 Å². The lowest BCUT2D eigenvalue weighted by atomic mass is 10.0. The first-order valence-corrected chi connectivity index (χ1v) is 10.3. The van der Waals surface area contributed by atoms with E-state index in [1.165, 1.54) is 0 Å². The highest BCUT2D eigenvalue weighted by Crippen LogP contribution is 2.28. The summed E-state index contributed by atoms with van der Waals surface area (Å²) >= 11 is 0. The summed E-state index contributed by atoms with van der Waals surface area (Å²) in [6, 6.07) is 17.8. The fourth-order valence-electron chi connectivity index (χ4n) is 3.88. The van der Waals surface area contributed by atoms with Crippen molar-refractivity contribution in [1.29, 1.82) is 0 Å². The van der Waals surface area contributed by atoms with Crippen LogP contribution in [0.3, 0.4) is 0 Å². The number of carbonyl (C=O) groups excluding carboxylic acids is 2. The Kier molecular flexibility index (Phi) is 4.90. The Balaban J connectivity index is 1.62. The fraction of sp³-hybridized carbons (Fsp3) is 0.154. The summed E-state index contributed by atoms with van der Waals surface area (Å²) in [5.74, 6) is 1.35. The second kappa shape index (κ2) is 7.89. The van der Waals surface area contributed by atoms with Gasteiger partial charge < -0.3 is 18.9 Å². The van der Waals surface area contributed by atoms with Gasteiger partial charge >= 0.3 is 11.9 Å². The zero-order valence-corrected chi connectivity index (χ0v) is 17.6. The van der Waals surface area contributed by atoms with Crippen LogP contribution in [0.2, 0.25) is 0 Å². The van der Waals surface area contributed by atoms with Crippen molar-refractivity contribution in [2.24, 2.45) is 0 Å². The molecule has 0 N–H and O–H groups in total. The van der Waals surface area contributed by atoms with E-state index in [4.69, 9.17) is 18.9 Å². The molecule has 6 heteroatoms. The van der Waals surface area contributed by atoms with E-state index in [1.807, 2.05) is 31.2 Å². The maximum absolute atomic E-state index is 12.7. The van der Waals surface area contributed by atoms with Crippen LogP contribution in [0.25, 0.3) is 11.1 Å². The summed E-state index contributed by atoms with van der Waals surface area (Å²) < 4.78 is 21.9. The lowest BCUT2D eigenvalue weighted by Gasteiger charge is -2.05. The normalized spacial score (nSPS) is 14.1. The van der Waals surface area contributed by atoms with Crippen molar-refractivity contribution >= 4 is 23.1 Å². The molecule has 6 nitrogen and oxygen atoms in total. The molecule has 0 atom stereocenters. The van der Waals surface area contributed by atoms with Crippen LogP contribution in [-0.2, 0) is 9.59 Å². The molecular weight excluding hydrogens is 408 g/mol. The molecule has 0 amide bonds. The molecule has 3 aromatic carbocycles. The molecular formula is C26H20O6. The Hall–Kier alpha value is -4.06. The van der Waals surface area contributed by atoms with E-state index in [0.29, 0.717) is 56.6 Å². The smallest absolute Gasteiger partial charge is 0.344 e. The van der Waals surface area contributed by atoms with Crippen molar-refractivity contribution < 1.29 is 28.5 Å². The Labute approximate surface area is 184 Å². The number of methoxy groups -OCH3 is 1. The van der Waals surface area contributed by atoms with E-state index in [-0.39, 0.29) is 0 Å². The summed E-state index contributed by atoms with van der Waals surface area (Å²) in [4.78, 5) is 25.3. The zero-order valence-electron chi connectivity index (χ0n) is 17.6. The molecule has 32 heavy (non-hydrogen) atoms. The second-order valence-corrected chi connectivity index (χ2v) is 7.47. The molecule has 5 rings (SSSR count). The molecule has 3 aromatic rings. The molecule has 0 aromatic heterocycles. The third kappa shape index (κ3) is 3.30. The second-order valence-electron chi connectivity index (χ2n) is 7.47. The lowest BCUT2D eigenvalue weighted by Crippen LogP contribution is -2.11. The van der Waals surface area contributed by atoms with Crippen molar-refractivity contribution in [2.45, 2.75) is 13.3 Å². The van der Waals surface area contributed by atoms with Crippen molar-refractivity contribution in [3.8, 4) is 23.0 Å². The molecule has 2 heterocycles. The molecule has 2 aliphatic rings. The minimum atomic E-state index is -0.445. The van der Waals surface area contributed by atoms with Gasteiger partial charge in [0.2, 0.25) is 0 Å². The van der Waals surface area contributed by atoms with Crippen LogP contribution < -0.4 is 29.4 Å². The molecule has 0 saturated heterocycles. The molecule has 0 aliphatic carbocycles. The molecule has 0 saturated carbocycles. The van der Waals surface area contributed by atoms with Crippen LogP contribution in [0.5, 0.6) is 23.0 Å². The minimum Gasteiger partial charge on any atom is -0.497 e. The van der Waals surface area contributed by atoms with Crippen molar-refractivity contribution in [3.05, 3.63) is 82.2 Å². The van der Waals surface area contributed by atoms with Gasteiger partial charge in [0.15, 0.2) is 0 Å². The number of rotatable bonds is 6. The number of benzene rings is 3. The van der Waals surface area contributed by atoms with Gasteiger partial charge in [-0.1, -0.05) is 31.2 Å². The van der Waals surface area contributed by atoms with E-state index >= 15 is 0 Å². The van der Waals surface area contributed by atoms with Gasteiger partial charge in [-0.3, -0.25) is 0 Å². The zero-order chi connectivity index (χ0) is 22.2. The molecule has 0 bridgehead atoms. The van der Waals surface area contributed by atoms with Crippen LogP contribution in [0.1, 0.15) is 24.5 Å². The van der Waals surface area contributed by atoms with Gasteiger partial charge in [0, 0.05) is 10.4 Å². The van der Waals surface area contributed by atoms with Gasteiger partial charge in [-0.05, 0) is 53.9 Å². The van der Waals surface area contributed by atoms with Crippen molar-refractivity contribution in [3.63, 3.8) is 0 Å². The van der Waals surface area contributed by atoms with Gasteiger partial charge in [-0.2, -0.15) is 0 Å². The first kappa shape index (κ1) is 19.9. The first-order chi connectivity index (χ1) is 15.6. The Bertz CT molecular complexity index is 1350. The highest BCUT2D eigenvalue weighted by atomic mass is 16.5. The summed E-state index contributed by atoms with van der Waals surface area (Å²) in [6.07, 6.45) is 0.915.